The van der Waals surface area contributed by atoms with E-state index in [0.29, 0.717) is 80.4 Å². The fourth-order valence-corrected chi connectivity index (χ4v) is 14.9. The van der Waals surface area contributed by atoms with Crippen LogP contribution >= 0.6 is 0 Å². The lowest BCUT2D eigenvalue weighted by atomic mass is 9.88. The number of nitrogens with one attached hydrogen (secondary N) is 2. The van der Waals surface area contributed by atoms with E-state index >= 15 is 0 Å². The zero-order valence-electron chi connectivity index (χ0n) is 64.6. The number of ether oxygens (including phenoxy) is 10. The van der Waals surface area contributed by atoms with Crippen molar-refractivity contribution in [1.29, 1.82) is 0 Å². The van der Waals surface area contributed by atoms with Gasteiger partial charge in [0.25, 0.3) is 11.8 Å². The number of methoxy groups -OCH3 is 3. The molecule has 112 heavy (non-hydrogen) atoms. The lowest BCUT2D eigenvalue weighted by Gasteiger charge is -2.31. The molecule has 1 saturated carbocycles. The fraction of sp³-hybridized carbons (Fsp3) is 0.448. The number of aryl methyl sites for hydroxylation is 1. The monoisotopic (exact) mass is 1530 g/mol. The summed E-state index contributed by atoms with van der Waals surface area (Å²) in [5.41, 5.74) is 8.26. The van der Waals surface area contributed by atoms with Crippen molar-refractivity contribution in [2.75, 3.05) is 110 Å². The Morgan fingerprint density at radius 3 is 1.96 bits per heavy atom. The minimum Gasteiger partial charge on any atom is -0.497 e. The van der Waals surface area contributed by atoms with Gasteiger partial charge in [-0.05, 0) is 139 Å². The van der Waals surface area contributed by atoms with Crippen LogP contribution in [0.4, 0.5) is 16.2 Å². The van der Waals surface area contributed by atoms with E-state index in [4.69, 9.17) is 47.4 Å². The molecule has 5 aliphatic heterocycles. The molecule has 6 aromatic carbocycles. The molecule has 25 nitrogen and oxygen atoms in total. The standard InChI is InChI=1S/C87H100N6O19/c1-56(2)69(47-67(94)29-36-106-38-40-108-42-43-109-41-39-107-37-30-80(96)88-33-28-81(97)91-52-64-14-8-7-12-60(64)20-21-62-13-9-10-15-72(62)91)82(98)89-57(3)75(95)44-58-16-18-59(19-17-58)54-112-86(102)93-73-50-79(77(105-6)49-71(73)84(100)92-55-87(31-32-87)51-74(92)85(93)101)111-35-11-34-110-78-46-63-22-25-66-45-65(61-23-26-68(103-4)27-24-61)53-90(66)83(99)70(63)48-76(78)104-5/h7-10,12-19,23-24,26-27,46,48-50,53,56-57,66,69,74,85,101H,11,22,25,28-45,47,51-52,54-55H2,1-6H3,(H,88,96)(H,89,98)/t57-,66+,69-,74-,85?/m0/s1. The molecule has 25 heteroatoms. The molecular formula is C87H100N6O19. The van der Waals surface area contributed by atoms with E-state index in [1.165, 1.54) is 26.4 Å². The molecule has 5 atom stereocenters. The number of nitrogens with zero attached hydrogens (tertiary/aromatic N) is 4. The van der Waals surface area contributed by atoms with Crippen LogP contribution in [0.25, 0.3) is 5.57 Å². The first-order valence-electron chi connectivity index (χ1n) is 38.6. The lowest BCUT2D eigenvalue weighted by Crippen LogP contribution is -2.50. The largest absolute Gasteiger partial charge is 0.497 e. The van der Waals surface area contributed by atoms with Crippen molar-refractivity contribution in [1.82, 2.24) is 20.4 Å². The zero-order valence-corrected chi connectivity index (χ0v) is 64.6. The SMILES string of the molecule is COc1ccc(C2=CN3C(=O)c4cc(OC)c(OCCCOc5cc6c(cc5OC)C(=O)N5CC7(CC7)C[C@H]5C(O)N6C(=O)OCc5ccc(CC(=O)[C@H](C)NC(=O)[C@@H](CC(=O)CCOCCOCCOCCOCCC(=O)NCCC(=O)N6Cc7ccccc7C#Cc7ccccc76)C(C)C)cc5)cc4CC[C@@H]3C2)cc1. The first-order chi connectivity index (χ1) is 54.3. The minimum atomic E-state index is -1.47. The van der Waals surface area contributed by atoms with Crippen LogP contribution in [0.15, 0.2) is 128 Å². The van der Waals surface area contributed by atoms with Crippen LogP contribution in [0.3, 0.4) is 0 Å². The third-order valence-electron chi connectivity index (χ3n) is 21.5. The minimum absolute atomic E-state index is 0.0108. The quantitative estimate of drug-likeness (QED) is 0.0240. The highest BCUT2D eigenvalue weighted by Crippen LogP contribution is 2.57. The average molecular weight is 1530 g/mol. The molecule has 6 aliphatic rings. The Morgan fingerprint density at radius 2 is 1.28 bits per heavy atom. The maximum atomic E-state index is 14.5. The molecule has 5 heterocycles. The van der Waals surface area contributed by atoms with Crippen molar-refractivity contribution in [3.8, 4) is 40.6 Å². The smallest absolute Gasteiger partial charge is 0.416 e. The topological polar surface area (TPSA) is 286 Å². The van der Waals surface area contributed by atoms with Crippen LogP contribution in [-0.4, -0.2) is 187 Å². The van der Waals surface area contributed by atoms with E-state index < -0.39 is 36.2 Å². The number of amides is 6. The van der Waals surface area contributed by atoms with Crippen LogP contribution in [0, 0.1) is 29.1 Å². The average Bonchev–Trinajstić information content (AvgIpc) is 1.56. The molecule has 12 rings (SSSR count). The highest BCUT2D eigenvalue weighted by Gasteiger charge is 2.58. The molecule has 2 fully saturated rings. The number of fused-ring (bicyclic) bond motifs is 6. The summed E-state index contributed by atoms with van der Waals surface area (Å²) in [7, 11) is 4.63. The number of anilines is 2. The van der Waals surface area contributed by atoms with Gasteiger partial charge in [-0.3, -0.25) is 33.6 Å². The fourth-order valence-electron chi connectivity index (χ4n) is 14.9. The summed E-state index contributed by atoms with van der Waals surface area (Å²) in [5, 5.41) is 17.9. The summed E-state index contributed by atoms with van der Waals surface area (Å²) in [5.74, 6) is 6.09. The van der Waals surface area contributed by atoms with Crippen molar-refractivity contribution in [2.45, 2.75) is 135 Å². The van der Waals surface area contributed by atoms with Crippen LogP contribution in [0.5, 0.6) is 28.7 Å². The second-order valence-corrected chi connectivity index (χ2v) is 29.5. The molecule has 6 amide bonds. The number of ketones is 2. The summed E-state index contributed by atoms with van der Waals surface area (Å²) >= 11 is 0. The number of hydrogen-bond donors (Lipinski definition) is 3. The molecule has 0 radical (unpaired) electrons. The van der Waals surface area contributed by atoms with Crippen LogP contribution in [-0.2, 0) is 73.7 Å². The maximum absolute atomic E-state index is 14.5. The van der Waals surface area contributed by atoms with Crippen molar-refractivity contribution in [2.24, 2.45) is 17.3 Å². The molecule has 6 aromatic rings. The predicted molar refractivity (Wildman–Crippen MR) is 416 cm³/mol. The van der Waals surface area contributed by atoms with E-state index in [-0.39, 0.29) is 167 Å². The Labute approximate surface area is 653 Å². The molecule has 592 valence electrons. The molecule has 1 unspecified atom stereocenters. The van der Waals surface area contributed by atoms with Gasteiger partial charge in [0.1, 0.15) is 18.1 Å². The van der Waals surface area contributed by atoms with Gasteiger partial charge in [0, 0.05) is 92.5 Å². The van der Waals surface area contributed by atoms with Gasteiger partial charge >= 0.3 is 6.09 Å². The second kappa shape index (κ2) is 38.1. The Kier molecular flexibility index (Phi) is 27.5. The normalized spacial score (nSPS) is 17.4. The number of hydrogen-bond acceptors (Lipinski definition) is 19. The Hall–Kier alpha value is -10.6. The summed E-state index contributed by atoms with van der Waals surface area (Å²) in [6, 6.07) is 35.2. The molecule has 0 aromatic heterocycles. The van der Waals surface area contributed by atoms with Crippen molar-refractivity contribution < 1.29 is 90.8 Å². The molecule has 0 bridgehead atoms. The number of carbonyl (C=O) groups is 8. The van der Waals surface area contributed by atoms with Gasteiger partial charge in [0.05, 0.1) is 123 Å². The second-order valence-electron chi connectivity index (χ2n) is 29.5. The number of carbonyl (C=O) groups excluding carboxylic acids is 8. The number of aliphatic hydroxyl groups excluding tert-OH is 1. The molecule has 1 saturated heterocycles. The van der Waals surface area contributed by atoms with E-state index in [1.54, 1.807) is 54.2 Å². The van der Waals surface area contributed by atoms with Gasteiger partial charge in [0.15, 0.2) is 35.0 Å². The third kappa shape index (κ3) is 20.2. The van der Waals surface area contributed by atoms with Gasteiger partial charge in [-0.1, -0.05) is 92.4 Å². The Balaban J connectivity index is 0.534. The van der Waals surface area contributed by atoms with Gasteiger partial charge < -0.3 is 77.8 Å². The van der Waals surface area contributed by atoms with E-state index in [2.05, 4.69) is 22.5 Å². The van der Waals surface area contributed by atoms with Gasteiger partial charge in [0.2, 0.25) is 17.7 Å². The van der Waals surface area contributed by atoms with Crippen molar-refractivity contribution in [3.63, 3.8) is 0 Å². The molecular weight excluding hydrogens is 1430 g/mol. The zero-order chi connectivity index (χ0) is 78.8. The molecule has 1 aliphatic carbocycles. The summed E-state index contributed by atoms with van der Waals surface area (Å²) in [6.45, 7) is 8.54. The molecule has 1 spiro atoms. The van der Waals surface area contributed by atoms with Gasteiger partial charge in [-0.25, -0.2) is 9.69 Å². The number of benzene rings is 6. The van der Waals surface area contributed by atoms with Crippen molar-refractivity contribution in [3.05, 3.63) is 178 Å². The predicted octanol–water partition coefficient (Wildman–Crippen LogP) is 10.4. The number of Topliss-reactive ketones (excluding diaryl/α,β-unsaturated/α-hetero) is 2. The summed E-state index contributed by atoms with van der Waals surface area (Å²) in [4.78, 5) is 116. The van der Waals surface area contributed by atoms with Crippen LogP contribution in [0.1, 0.15) is 145 Å². The van der Waals surface area contributed by atoms with Crippen LogP contribution in [0.2, 0.25) is 0 Å². The first-order valence-corrected chi connectivity index (χ1v) is 38.6. The lowest BCUT2D eigenvalue weighted by molar-refractivity contribution is -0.133. The van der Waals surface area contributed by atoms with Crippen molar-refractivity contribution >= 4 is 64.1 Å². The maximum Gasteiger partial charge on any atom is 0.416 e. The van der Waals surface area contributed by atoms with E-state index in [1.807, 2.05) is 104 Å². The highest BCUT2D eigenvalue weighted by molar-refractivity contribution is 6.06. The Morgan fingerprint density at radius 1 is 0.643 bits per heavy atom. The van der Waals surface area contributed by atoms with Gasteiger partial charge in [-0.2, -0.15) is 0 Å². The Bertz CT molecular complexity index is 4490. The van der Waals surface area contributed by atoms with Crippen LogP contribution < -0.4 is 44.1 Å². The first kappa shape index (κ1) is 80.9. The number of aliphatic hydroxyl groups is 1. The van der Waals surface area contributed by atoms with Gasteiger partial charge in [-0.15, -0.1) is 0 Å². The number of para-hydroxylation sites is 1. The van der Waals surface area contributed by atoms with E-state index in [0.717, 1.165) is 75.4 Å². The molecule has 3 N–H and O–H groups in total. The number of rotatable bonds is 38. The summed E-state index contributed by atoms with van der Waals surface area (Å²) < 4.78 is 57.8. The van der Waals surface area contributed by atoms with E-state index in [9.17, 15) is 43.5 Å². The third-order valence-corrected chi connectivity index (χ3v) is 21.5. The highest BCUT2D eigenvalue weighted by atomic mass is 16.6. The summed E-state index contributed by atoms with van der Waals surface area (Å²) in [6.07, 6.45) is 4.80.